The van der Waals surface area contributed by atoms with E-state index in [1.54, 1.807) is 0 Å². The second-order valence-corrected chi connectivity index (χ2v) is 8.99. The van der Waals surface area contributed by atoms with Gasteiger partial charge in [0.25, 0.3) is 0 Å². The van der Waals surface area contributed by atoms with Crippen molar-refractivity contribution < 1.29 is 14.6 Å². The highest BCUT2D eigenvalue weighted by atomic mass is 35.5. The lowest BCUT2D eigenvalue weighted by atomic mass is 9.92. The molecule has 1 amide bonds. The van der Waals surface area contributed by atoms with E-state index < -0.39 is 0 Å². The summed E-state index contributed by atoms with van der Waals surface area (Å²) in [4.78, 5) is 17.7. The van der Waals surface area contributed by atoms with Crippen LogP contribution in [0.15, 0.2) is 54.7 Å². The summed E-state index contributed by atoms with van der Waals surface area (Å²) in [5.74, 6) is 0.554. The average Bonchev–Trinajstić information content (AvgIpc) is 3.22. The second kappa shape index (κ2) is 11.2. The van der Waals surface area contributed by atoms with Crippen LogP contribution in [0.5, 0.6) is 0 Å². The second-order valence-electron chi connectivity index (χ2n) is 8.15. The molecule has 1 aliphatic rings. The maximum atomic E-state index is 12.9. The van der Waals surface area contributed by atoms with E-state index in [1.165, 1.54) is 0 Å². The Labute approximate surface area is 203 Å². The predicted molar refractivity (Wildman–Crippen MR) is 130 cm³/mol. The molecule has 0 spiro atoms. The normalized spacial score (nSPS) is 18.3. The van der Waals surface area contributed by atoms with Gasteiger partial charge in [-0.2, -0.15) is 0 Å². The molecule has 1 heterocycles. The number of hydrogen-bond donors (Lipinski definition) is 2. The van der Waals surface area contributed by atoms with Crippen molar-refractivity contribution in [3.8, 4) is 17.1 Å². The van der Waals surface area contributed by atoms with E-state index in [0.29, 0.717) is 21.6 Å². The Morgan fingerprint density at radius 1 is 1.12 bits per heavy atom. The number of benzene rings is 2. The number of carbonyl (C=O) groups is 1. The molecule has 0 unspecified atom stereocenters. The van der Waals surface area contributed by atoms with Crippen molar-refractivity contribution in [2.45, 2.75) is 44.2 Å². The van der Waals surface area contributed by atoms with Crippen LogP contribution in [0.3, 0.4) is 0 Å². The van der Waals surface area contributed by atoms with Gasteiger partial charge in [0.2, 0.25) is 5.91 Å². The molecular weight excluding hydrogens is 461 g/mol. The fourth-order valence-corrected chi connectivity index (χ4v) is 4.58. The van der Waals surface area contributed by atoms with Crippen LogP contribution in [0.2, 0.25) is 10.0 Å². The molecule has 174 valence electrons. The van der Waals surface area contributed by atoms with Gasteiger partial charge < -0.3 is 15.2 Å². The topological polar surface area (TPSA) is 76.4 Å². The summed E-state index contributed by atoms with van der Waals surface area (Å²) in [6, 6.07) is 14.9. The van der Waals surface area contributed by atoms with E-state index >= 15 is 0 Å². The highest BCUT2D eigenvalue weighted by Gasteiger charge is 2.27. The average molecular weight is 488 g/mol. The SMILES string of the molecule is O=C(Cc1cn(-c2ccc(Cl)cc2)c(-c2ccccc2Cl)n1)N[C@@H]1CCCC[C@H]1OCCO. The molecule has 0 bridgehead atoms. The molecule has 1 fully saturated rings. The van der Waals surface area contributed by atoms with Crippen LogP contribution < -0.4 is 5.32 Å². The Bertz CT molecular complexity index is 1080. The van der Waals surface area contributed by atoms with Gasteiger partial charge in [-0.05, 0) is 49.2 Å². The van der Waals surface area contributed by atoms with Gasteiger partial charge in [-0.3, -0.25) is 9.36 Å². The van der Waals surface area contributed by atoms with Crippen LogP contribution in [0, 0.1) is 0 Å². The number of halogens is 2. The maximum Gasteiger partial charge on any atom is 0.226 e. The number of aromatic nitrogens is 2. The van der Waals surface area contributed by atoms with Crippen LogP contribution in [0.1, 0.15) is 31.4 Å². The van der Waals surface area contributed by atoms with Crippen molar-refractivity contribution in [1.82, 2.24) is 14.9 Å². The van der Waals surface area contributed by atoms with Gasteiger partial charge in [0.1, 0.15) is 5.82 Å². The lowest BCUT2D eigenvalue weighted by Crippen LogP contribution is -2.47. The standard InChI is InChI=1S/C25H27Cl2N3O3/c26-17-9-11-19(12-10-17)30-16-18(28-25(30)20-5-1-2-6-21(20)27)15-24(32)29-22-7-3-4-8-23(22)33-14-13-31/h1-2,5-6,9-12,16,22-23,31H,3-4,7-8,13-15H2,(H,29,32)/t22-,23-/m1/s1. The van der Waals surface area contributed by atoms with E-state index in [-0.39, 0.29) is 37.7 Å². The fourth-order valence-electron chi connectivity index (χ4n) is 4.23. The zero-order chi connectivity index (χ0) is 23.2. The molecule has 2 aromatic carbocycles. The van der Waals surface area contributed by atoms with Crippen LogP contribution in [0.4, 0.5) is 0 Å². The van der Waals surface area contributed by atoms with Gasteiger partial charge in [0.05, 0.1) is 42.5 Å². The first-order valence-corrected chi connectivity index (χ1v) is 11.9. The largest absolute Gasteiger partial charge is 0.394 e. The Balaban J connectivity index is 1.56. The summed E-state index contributed by atoms with van der Waals surface area (Å²) < 4.78 is 7.67. The van der Waals surface area contributed by atoms with Crippen LogP contribution in [-0.2, 0) is 16.0 Å². The lowest BCUT2D eigenvalue weighted by molar-refractivity contribution is -0.123. The summed E-state index contributed by atoms with van der Waals surface area (Å²) in [7, 11) is 0. The van der Waals surface area contributed by atoms with Crippen molar-refractivity contribution in [3.63, 3.8) is 0 Å². The molecule has 2 N–H and O–H groups in total. The number of aliphatic hydroxyl groups excluding tert-OH is 1. The minimum Gasteiger partial charge on any atom is -0.394 e. The van der Waals surface area contributed by atoms with Gasteiger partial charge in [-0.25, -0.2) is 4.98 Å². The molecule has 4 rings (SSSR count). The fraction of sp³-hybridized carbons (Fsp3) is 0.360. The van der Waals surface area contributed by atoms with Crippen molar-refractivity contribution in [1.29, 1.82) is 0 Å². The summed E-state index contributed by atoms with van der Waals surface area (Å²) in [5.41, 5.74) is 2.30. The van der Waals surface area contributed by atoms with Crippen LogP contribution >= 0.6 is 23.2 Å². The minimum atomic E-state index is -0.106. The third-order valence-corrected chi connectivity index (χ3v) is 6.37. The number of hydrogen-bond acceptors (Lipinski definition) is 4. The molecule has 0 aliphatic heterocycles. The quantitative estimate of drug-likeness (QED) is 0.477. The first kappa shape index (κ1) is 23.8. The van der Waals surface area contributed by atoms with Gasteiger partial charge in [0, 0.05) is 22.5 Å². The van der Waals surface area contributed by atoms with Gasteiger partial charge in [-0.1, -0.05) is 48.2 Å². The number of nitrogens with one attached hydrogen (secondary N) is 1. The number of aliphatic hydroxyl groups is 1. The smallest absolute Gasteiger partial charge is 0.226 e. The Morgan fingerprint density at radius 2 is 1.88 bits per heavy atom. The summed E-state index contributed by atoms with van der Waals surface area (Å²) in [5, 5.41) is 13.4. The third kappa shape index (κ3) is 5.95. The molecule has 6 nitrogen and oxygen atoms in total. The summed E-state index contributed by atoms with van der Waals surface area (Å²) >= 11 is 12.5. The number of rotatable bonds is 8. The molecule has 1 aliphatic carbocycles. The number of carbonyl (C=O) groups excluding carboxylic acids is 1. The lowest BCUT2D eigenvalue weighted by Gasteiger charge is -2.32. The molecule has 8 heteroatoms. The highest BCUT2D eigenvalue weighted by molar-refractivity contribution is 6.33. The third-order valence-electron chi connectivity index (χ3n) is 5.79. The first-order valence-electron chi connectivity index (χ1n) is 11.2. The molecule has 3 aromatic rings. The van der Waals surface area contributed by atoms with Crippen LogP contribution in [0.25, 0.3) is 17.1 Å². The first-order chi connectivity index (χ1) is 16.0. The van der Waals surface area contributed by atoms with E-state index in [0.717, 1.165) is 36.9 Å². The predicted octanol–water partition coefficient (Wildman–Crippen LogP) is 4.82. The summed E-state index contributed by atoms with van der Waals surface area (Å²) in [6.45, 7) is 0.258. The molecule has 2 atom stereocenters. The number of amides is 1. The highest BCUT2D eigenvalue weighted by Crippen LogP contribution is 2.30. The zero-order valence-electron chi connectivity index (χ0n) is 18.2. The zero-order valence-corrected chi connectivity index (χ0v) is 19.7. The van der Waals surface area contributed by atoms with E-state index in [4.69, 9.17) is 38.0 Å². The molecule has 0 radical (unpaired) electrons. The Hall–Kier alpha value is -2.38. The monoisotopic (exact) mass is 487 g/mol. The van der Waals surface area contributed by atoms with Crippen molar-refractivity contribution in [2.24, 2.45) is 0 Å². The van der Waals surface area contributed by atoms with Gasteiger partial charge in [-0.15, -0.1) is 0 Å². The molecular formula is C25H27Cl2N3O3. The van der Waals surface area contributed by atoms with Gasteiger partial charge >= 0.3 is 0 Å². The van der Waals surface area contributed by atoms with Crippen molar-refractivity contribution >= 4 is 29.1 Å². The minimum absolute atomic E-state index is 0.0237. The van der Waals surface area contributed by atoms with E-state index in [2.05, 4.69) is 5.32 Å². The van der Waals surface area contributed by atoms with Crippen molar-refractivity contribution in [3.05, 3.63) is 70.5 Å². The van der Waals surface area contributed by atoms with E-state index in [9.17, 15) is 4.79 Å². The van der Waals surface area contributed by atoms with Crippen LogP contribution in [-0.4, -0.2) is 45.9 Å². The molecule has 33 heavy (non-hydrogen) atoms. The van der Waals surface area contributed by atoms with Crippen molar-refractivity contribution in [2.75, 3.05) is 13.2 Å². The number of nitrogens with zero attached hydrogens (tertiary/aromatic N) is 2. The molecule has 0 saturated heterocycles. The van der Waals surface area contributed by atoms with E-state index in [1.807, 2.05) is 59.3 Å². The Morgan fingerprint density at radius 3 is 2.64 bits per heavy atom. The molecule has 1 saturated carbocycles. The van der Waals surface area contributed by atoms with Gasteiger partial charge in [0.15, 0.2) is 0 Å². The maximum absolute atomic E-state index is 12.9. The number of ether oxygens (including phenoxy) is 1. The molecule has 1 aromatic heterocycles. The Kier molecular flexibility index (Phi) is 8.04. The number of imidazole rings is 1. The summed E-state index contributed by atoms with van der Waals surface area (Å²) in [6.07, 6.45) is 5.79.